The summed E-state index contributed by atoms with van der Waals surface area (Å²) in [5.41, 5.74) is 2.95. The lowest BCUT2D eigenvalue weighted by Gasteiger charge is -2.51. The van der Waals surface area contributed by atoms with E-state index < -0.39 is 85.3 Å². The zero-order valence-electron chi connectivity index (χ0n) is 32.0. The topological polar surface area (TPSA) is 161 Å². The zero-order chi connectivity index (χ0) is 40.2. The van der Waals surface area contributed by atoms with Crippen LogP contribution < -0.4 is 5.32 Å². The van der Waals surface area contributed by atoms with Gasteiger partial charge in [-0.25, -0.2) is 0 Å². The van der Waals surface area contributed by atoms with Crippen molar-refractivity contribution in [3.8, 4) is 0 Å². The first-order valence-electron chi connectivity index (χ1n) is 19.3. The maximum atomic E-state index is 14.1. The van der Waals surface area contributed by atoms with Gasteiger partial charge in [0.2, 0.25) is 5.91 Å². The third kappa shape index (κ3) is 8.34. The number of carbonyl (C=O) groups is 3. The van der Waals surface area contributed by atoms with Crippen LogP contribution in [0.5, 0.6) is 0 Å². The van der Waals surface area contributed by atoms with Gasteiger partial charge in [0.1, 0.15) is 48.7 Å². The second kappa shape index (κ2) is 18.0. The van der Waals surface area contributed by atoms with Crippen molar-refractivity contribution in [2.24, 2.45) is 0 Å². The molecule has 4 aromatic carbocycles. The predicted molar refractivity (Wildman–Crippen MR) is 205 cm³/mol. The summed E-state index contributed by atoms with van der Waals surface area (Å²) in [5, 5.41) is 14.8. The molecule has 0 aromatic heterocycles. The molecule has 58 heavy (non-hydrogen) atoms. The molecule has 4 aliphatic heterocycles. The van der Waals surface area contributed by atoms with Gasteiger partial charge in [-0.1, -0.05) is 103 Å². The number of nitrogens with zero attached hydrogens (tertiary/aromatic N) is 1. The van der Waals surface area contributed by atoms with Crippen molar-refractivity contribution < 1.29 is 57.4 Å². The molecular formula is C44H46N2O12. The van der Waals surface area contributed by atoms with E-state index >= 15 is 0 Å². The number of methoxy groups -OCH3 is 1. The third-order valence-electron chi connectivity index (χ3n) is 10.7. The van der Waals surface area contributed by atoms with E-state index in [2.05, 4.69) is 5.32 Å². The molecule has 3 fully saturated rings. The fourth-order valence-electron chi connectivity index (χ4n) is 7.99. The molecule has 2 N–H and O–H groups in total. The van der Waals surface area contributed by atoms with Crippen molar-refractivity contribution >= 4 is 17.7 Å². The molecule has 11 atom stereocenters. The number of ether oxygens (including phenoxy) is 8. The highest BCUT2D eigenvalue weighted by Gasteiger charge is 2.58. The Morgan fingerprint density at radius 3 is 2.00 bits per heavy atom. The van der Waals surface area contributed by atoms with Crippen LogP contribution in [-0.4, -0.2) is 109 Å². The van der Waals surface area contributed by atoms with Crippen molar-refractivity contribution in [3.05, 3.63) is 143 Å². The first-order chi connectivity index (χ1) is 28.3. The fraction of sp³-hybridized carbons (Fsp3) is 0.386. The summed E-state index contributed by atoms with van der Waals surface area (Å²) in [4.78, 5) is 42.1. The second-order valence-electron chi connectivity index (χ2n) is 14.6. The lowest BCUT2D eigenvalue weighted by molar-refractivity contribution is -0.369. The van der Waals surface area contributed by atoms with Gasteiger partial charge in [-0.05, 0) is 23.3 Å². The van der Waals surface area contributed by atoms with Crippen LogP contribution in [-0.2, 0) is 55.9 Å². The Morgan fingerprint density at radius 2 is 1.38 bits per heavy atom. The molecule has 4 aliphatic rings. The molecule has 14 heteroatoms. The Labute approximate surface area is 335 Å². The number of hydrogen-bond acceptors (Lipinski definition) is 12. The van der Waals surface area contributed by atoms with E-state index in [1.807, 2.05) is 91.0 Å². The first-order valence-corrected chi connectivity index (χ1v) is 19.3. The molecule has 3 amide bonds. The number of amides is 3. The summed E-state index contributed by atoms with van der Waals surface area (Å²) in [6, 6.07) is 32.6. The fourth-order valence-corrected chi connectivity index (χ4v) is 7.99. The summed E-state index contributed by atoms with van der Waals surface area (Å²) in [6.45, 7) is 1.60. The average Bonchev–Trinajstić information content (AvgIpc) is 3.50. The highest BCUT2D eigenvalue weighted by Crippen LogP contribution is 2.39. The van der Waals surface area contributed by atoms with Crippen LogP contribution in [0.15, 0.2) is 115 Å². The van der Waals surface area contributed by atoms with Gasteiger partial charge in [0, 0.05) is 19.6 Å². The summed E-state index contributed by atoms with van der Waals surface area (Å²) >= 11 is 0. The quantitative estimate of drug-likeness (QED) is 0.188. The van der Waals surface area contributed by atoms with Gasteiger partial charge in [0.25, 0.3) is 11.8 Å². The molecule has 4 heterocycles. The Morgan fingerprint density at radius 1 is 0.776 bits per heavy atom. The van der Waals surface area contributed by atoms with Gasteiger partial charge in [-0.3, -0.25) is 19.3 Å². The first kappa shape index (κ1) is 39.9. The zero-order valence-corrected chi connectivity index (χ0v) is 32.0. The maximum Gasteiger partial charge on any atom is 0.262 e. The van der Waals surface area contributed by atoms with E-state index in [1.165, 1.54) is 14.0 Å². The molecule has 14 nitrogen and oxygen atoms in total. The van der Waals surface area contributed by atoms with E-state index in [0.717, 1.165) is 21.6 Å². The number of fused-ring (bicyclic) bond motifs is 2. The highest BCUT2D eigenvalue weighted by molar-refractivity contribution is 6.21. The van der Waals surface area contributed by atoms with Crippen LogP contribution in [0.25, 0.3) is 0 Å². The molecule has 4 aromatic rings. The van der Waals surface area contributed by atoms with Crippen LogP contribution in [0, 0.1) is 0 Å². The molecule has 304 valence electrons. The summed E-state index contributed by atoms with van der Waals surface area (Å²) in [6.07, 6.45) is -9.54. The normalized spacial score (nSPS) is 30.7. The van der Waals surface area contributed by atoms with Crippen molar-refractivity contribution in [1.82, 2.24) is 10.2 Å². The number of benzene rings is 4. The predicted octanol–water partition coefficient (Wildman–Crippen LogP) is 3.91. The number of carbonyl (C=O) groups excluding carboxylic acids is 3. The molecule has 0 spiro atoms. The maximum absolute atomic E-state index is 14.1. The van der Waals surface area contributed by atoms with E-state index in [9.17, 15) is 19.5 Å². The minimum Gasteiger partial charge on any atom is -0.388 e. The van der Waals surface area contributed by atoms with Crippen LogP contribution in [0.4, 0.5) is 0 Å². The van der Waals surface area contributed by atoms with Gasteiger partial charge in [0.15, 0.2) is 18.9 Å². The third-order valence-corrected chi connectivity index (χ3v) is 10.7. The largest absolute Gasteiger partial charge is 0.388 e. The second-order valence-corrected chi connectivity index (χ2v) is 14.6. The van der Waals surface area contributed by atoms with Crippen molar-refractivity contribution in [3.63, 3.8) is 0 Å². The molecule has 0 aliphatic carbocycles. The standard InChI is InChI=1S/C44H46N2O12/c1-26(47)45-34-36(48)37-33(25-54-42(57-37)29-18-10-5-11-19-29)55-43(34)58-38-32(24-52-22-27-14-6-3-7-15-27)56-44(51-2)35(39(38)53-23-28-16-8-4-9-17-28)46-40(49)30-20-12-13-21-31(30)41(46)50/h3-21,32-39,42-44,48H,22-25H2,1-2H3,(H,45,47)/t32-,33-,34-,35-,36-,37+,38-,39-,42+,43+,44-/m1/s1. The van der Waals surface area contributed by atoms with Gasteiger partial charge < -0.3 is 48.3 Å². The van der Waals surface area contributed by atoms with Gasteiger partial charge in [0.05, 0.1) is 37.6 Å². The van der Waals surface area contributed by atoms with E-state index in [0.29, 0.717) is 0 Å². The van der Waals surface area contributed by atoms with E-state index in [1.54, 1.807) is 24.3 Å². The van der Waals surface area contributed by atoms with Crippen molar-refractivity contribution in [1.29, 1.82) is 0 Å². The van der Waals surface area contributed by atoms with Crippen LogP contribution in [0.1, 0.15) is 50.6 Å². The minimum atomic E-state index is -1.32. The number of hydrogen-bond donors (Lipinski definition) is 2. The Bertz CT molecular complexity index is 1990. The van der Waals surface area contributed by atoms with Crippen LogP contribution in [0.2, 0.25) is 0 Å². The number of rotatable bonds is 13. The van der Waals surface area contributed by atoms with Gasteiger partial charge >= 0.3 is 0 Å². The summed E-state index contributed by atoms with van der Waals surface area (Å²) < 4.78 is 51.2. The molecule has 8 rings (SSSR count). The molecule has 0 bridgehead atoms. The number of nitrogens with one attached hydrogen (secondary N) is 1. The number of aliphatic hydroxyl groups excluding tert-OH is 1. The molecule has 0 saturated carbocycles. The highest BCUT2D eigenvalue weighted by atomic mass is 16.8. The molecule has 3 saturated heterocycles. The van der Waals surface area contributed by atoms with Crippen LogP contribution >= 0.6 is 0 Å². The lowest BCUT2D eigenvalue weighted by atomic mass is 9.93. The Kier molecular flexibility index (Phi) is 12.4. The van der Waals surface area contributed by atoms with Gasteiger partial charge in [-0.2, -0.15) is 0 Å². The Balaban J connectivity index is 1.15. The van der Waals surface area contributed by atoms with Gasteiger partial charge in [-0.15, -0.1) is 0 Å². The van der Waals surface area contributed by atoms with Crippen molar-refractivity contribution in [2.75, 3.05) is 20.3 Å². The molecule has 0 radical (unpaired) electrons. The van der Waals surface area contributed by atoms with Crippen molar-refractivity contribution in [2.45, 2.75) is 87.7 Å². The van der Waals surface area contributed by atoms with Crippen LogP contribution in [0.3, 0.4) is 0 Å². The summed E-state index contributed by atoms with van der Waals surface area (Å²) in [7, 11) is 1.42. The number of aliphatic hydroxyl groups is 1. The molecule has 0 unspecified atom stereocenters. The monoisotopic (exact) mass is 794 g/mol. The lowest BCUT2D eigenvalue weighted by Crippen LogP contribution is -2.70. The SMILES string of the molecule is CO[C@@H]1O[C@H](COCc2ccccc2)[C@@H](O[C@@H]2O[C@@H]3CO[C@H](c4ccccc4)O[C@@H]3[C@H](O)[C@H]2NC(C)=O)[C@H](OCc2ccccc2)[C@H]1N1C(=O)c2ccccc2C1=O. The van der Waals surface area contributed by atoms with E-state index in [4.69, 9.17) is 37.9 Å². The Hall–Kier alpha value is -4.87. The minimum absolute atomic E-state index is 0.0378. The summed E-state index contributed by atoms with van der Waals surface area (Å²) in [5.74, 6) is -1.54. The smallest absolute Gasteiger partial charge is 0.262 e. The molecular weight excluding hydrogens is 748 g/mol. The number of imide groups is 1. The van der Waals surface area contributed by atoms with E-state index in [-0.39, 0.29) is 37.6 Å². The average molecular weight is 795 g/mol.